The van der Waals surface area contributed by atoms with Crippen molar-refractivity contribution in [2.24, 2.45) is 0 Å². The van der Waals surface area contributed by atoms with E-state index < -0.39 is 0 Å². The smallest absolute Gasteiger partial charge is 0.255 e. The fraction of sp³-hybridized carbons (Fsp3) is 0.316. The summed E-state index contributed by atoms with van der Waals surface area (Å²) in [5.41, 5.74) is 3.90. The summed E-state index contributed by atoms with van der Waals surface area (Å²) in [7, 11) is 3.08. The van der Waals surface area contributed by atoms with E-state index in [-0.39, 0.29) is 11.9 Å². The predicted molar refractivity (Wildman–Crippen MR) is 91.3 cm³/mol. The van der Waals surface area contributed by atoms with Crippen molar-refractivity contribution < 1.29 is 14.3 Å². The van der Waals surface area contributed by atoms with E-state index in [0.717, 1.165) is 11.1 Å². The zero-order valence-corrected chi connectivity index (χ0v) is 14.3. The van der Waals surface area contributed by atoms with Crippen LogP contribution in [-0.4, -0.2) is 20.1 Å². The average molecular weight is 313 g/mol. The zero-order valence-electron chi connectivity index (χ0n) is 14.3. The van der Waals surface area contributed by atoms with Crippen molar-refractivity contribution >= 4 is 5.91 Å². The van der Waals surface area contributed by atoms with Crippen molar-refractivity contribution in [2.75, 3.05) is 14.2 Å². The summed E-state index contributed by atoms with van der Waals surface area (Å²) in [5, 5.41) is 3.03. The Labute approximate surface area is 137 Å². The highest BCUT2D eigenvalue weighted by atomic mass is 16.5. The standard InChI is InChI=1S/C19H23NO3/c1-12-9-10-13(2)16(11-12)14(3)20-19(21)15-7-6-8-17(22-4)18(15)23-5/h6-11,14H,1-5H3,(H,20,21). The normalized spacial score (nSPS) is 11.7. The lowest BCUT2D eigenvalue weighted by molar-refractivity contribution is 0.0936. The molecule has 0 aliphatic rings. The molecule has 0 radical (unpaired) electrons. The minimum Gasteiger partial charge on any atom is -0.493 e. The Morgan fingerprint density at radius 3 is 2.48 bits per heavy atom. The number of para-hydroxylation sites is 1. The van der Waals surface area contributed by atoms with Crippen LogP contribution in [0.3, 0.4) is 0 Å². The van der Waals surface area contributed by atoms with Crippen LogP contribution in [0.5, 0.6) is 11.5 Å². The molecule has 2 aromatic rings. The van der Waals surface area contributed by atoms with Gasteiger partial charge in [0.25, 0.3) is 5.91 Å². The molecule has 23 heavy (non-hydrogen) atoms. The number of methoxy groups -OCH3 is 2. The Bertz CT molecular complexity index is 710. The van der Waals surface area contributed by atoms with E-state index in [4.69, 9.17) is 9.47 Å². The molecule has 0 aromatic heterocycles. The van der Waals surface area contributed by atoms with Crippen molar-refractivity contribution in [3.8, 4) is 11.5 Å². The first kappa shape index (κ1) is 16.9. The summed E-state index contributed by atoms with van der Waals surface area (Å²) in [6, 6.07) is 11.4. The van der Waals surface area contributed by atoms with Gasteiger partial charge in [0.15, 0.2) is 11.5 Å². The second kappa shape index (κ2) is 7.18. The molecule has 2 rings (SSSR count). The molecule has 0 aliphatic carbocycles. The molecular formula is C19H23NO3. The molecule has 122 valence electrons. The second-order valence-corrected chi connectivity index (χ2v) is 5.60. The third-order valence-electron chi connectivity index (χ3n) is 3.90. The summed E-state index contributed by atoms with van der Waals surface area (Å²) in [5.74, 6) is 0.800. The number of hydrogen-bond donors (Lipinski definition) is 1. The van der Waals surface area contributed by atoms with Crippen molar-refractivity contribution in [2.45, 2.75) is 26.8 Å². The first-order chi connectivity index (χ1) is 11.0. The van der Waals surface area contributed by atoms with Gasteiger partial charge < -0.3 is 14.8 Å². The van der Waals surface area contributed by atoms with Crippen molar-refractivity contribution in [3.63, 3.8) is 0 Å². The summed E-state index contributed by atoms with van der Waals surface area (Å²) >= 11 is 0. The largest absolute Gasteiger partial charge is 0.493 e. The monoisotopic (exact) mass is 313 g/mol. The first-order valence-corrected chi connectivity index (χ1v) is 7.57. The van der Waals surface area contributed by atoms with E-state index in [0.29, 0.717) is 17.1 Å². The van der Waals surface area contributed by atoms with Gasteiger partial charge in [0.2, 0.25) is 0 Å². The molecule has 2 aromatic carbocycles. The van der Waals surface area contributed by atoms with Crippen LogP contribution >= 0.6 is 0 Å². The third-order valence-corrected chi connectivity index (χ3v) is 3.90. The van der Waals surface area contributed by atoms with Crippen LogP contribution in [0, 0.1) is 13.8 Å². The minimum atomic E-state index is -0.186. The lowest BCUT2D eigenvalue weighted by Gasteiger charge is -2.19. The predicted octanol–water partition coefficient (Wildman–Crippen LogP) is 3.81. The number of carbonyl (C=O) groups excluding carboxylic acids is 1. The van der Waals surface area contributed by atoms with Gasteiger partial charge in [-0.15, -0.1) is 0 Å². The Hall–Kier alpha value is -2.49. The van der Waals surface area contributed by atoms with Gasteiger partial charge in [-0.25, -0.2) is 0 Å². The van der Waals surface area contributed by atoms with Crippen LogP contribution in [0.1, 0.15) is 40.0 Å². The van der Waals surface area contributed by atoms with E-state index in [1.165, 1.54) is 12.7 Å². The molecule has 0 bridgehead atoms. The van der Waals surface area contributed by atoms with Crippen LogP contribution < -0.4 is 14.8 Å². The van der Waals surface area contributed by atoms with Gasteiger partial charge in [0, 0.05) is 0 Å². The maximum absolute atomic E-state index is 12.6. The molecule has 4 nitrogen and oxygen atoms in total. The van der Waals surface area contributed by atoms with Crippen LogP contribution in [0.2, 0.25) is 0 Å². The Morgan fingerprint density at radius 1 is 1.09 bits per heavy atom. The number of hydrogen-bond acceptors (Lipinski definition) is 3. The molecule has 1 N–H and O–H groups in total. The molecule has 0 saturated carbocycles. The first-order valence-electron chi connectivity index (χ1n) is 7.57. The fourth-order valence-electron chi connectivity index (χ4n) is 2.64. The van der Waals surface area contributed by atoms with Crippen LogP contribution in [0.25, 0.3) is 0 Å². The van der Waals surface area contributed by atoms with Gasteiger partial charge in [-0.3, -0.25) is 4.79 Å². The zero-order chi connectivity index (χ0) is 17.0. The number of aryl methyl sites for hydroxylation is 2. The molecule has 1 atom stereocenters. The number of amides is 1. The van der Waals surface area contributed by atoms with Gasteiger partial charge in [0.05, 0.1) is 25.8 Å². The van der Waals surface area contributed by atoms with E-state index in [1.807, 2.05) is 20.8 Å². The number of rotatable bonds is 5. The third kappa shape index (κ3) is 3.65. The molecule has 0 heterocycles. The molecule has 4 heteroatoms. The van der Waals surface area contributed by atoms with Gasteiger partial charge >= 0.3 is 0 Å². The molecule has 0 fully saturated rings. The van der Waals surface area contributed by atoms with E-state index in [9.17, 15) is 4.79 Å². The van der Waals surface area contributed by atoms with E-state index >= 15 is 0 Å². The molecule has 0 spiro atoms. The Balaban J connectivity index is 2.27. The number of carbonyl (C=O) groups is 1. The van der Waals surface area contributed by atoms with Crippen molar-refractivity contribution in [3.05, 3.63) is 58.7 Å². The Kier molecular flexibility index (Phi) is 5.27. The molecule has 1 amide bonds. The summed E-state index contributed by atoms with van der Waals surface area (Å²) in [6.45, 7) is 6.07. The maximum Gasteiger partial charge on any atom is 0.255 e. The van der Waals surface area contributed by atoms with E-state index in [1.54, 1.807) is 25.3 Å². The summed E-state index contributed by atoms with van der Waals surface area (Å²) < 4.78 is 10.6. The summed E-state index contributed by atoms with van der Waals surface area (Å²) in [6.07, 6.45) is 0. The van der Waals surface area contributed by atoms with Crippen molar-refractivity contribution in [1.29, 1.82) is 0 Å². The van der Waals surface area contributed by atoms with Gasteiger partial charge in [-0.1, -0.05) is 29.8 Å². The number of nitrogens with one attached hydrogen (secondary N) is 1. The van der Waals surface area contributed by atoms with Crippen LogP contribution in [-0.2, 0) is 0 Å². The van der Waals surface area contributed by atoms with Crippen molar-refractivity contribution in [1.82, 2.24) is 5.32 Å². The highest BCUT2D eigenvalue weighted by Gasteiger charge is 2.19. The lowest BCUT2D eigenvalue weighted by atomic mass is 9.99. The van der Waals surface area contributed by atoms with Gasteiger partial charge in [0.1, 0.15) is 0 Å². The maximum atomic E-state index is 12.6. The number of benzene rings is 2. The topological polar surface area (TPSA) is 47.6 Å². The molecule has 0 aliphatic heterocycles. The summed E-state index contributed by atoms with van der Waals surface area (Å²) in [4.78, 5) is 12.6. The average Bonchev–Trinajstić information content (AvgIpc) is 2.55. The SMILES string of the molecule is COc1cccc(C(=O)NC(C)c2cc(C)ccc2C)c1OC. The molecule has 0 saturated heterocycles. The Morgan fingerprint density at radius 2 is 1.83 bits per heavy atom. The lowest BCUT2D eigenvalue weighted by Crippen LogP contribution is -2.27. The van der Waals surface area contributed by atoms with Crippen LogP contribution in [0.4, 0.5) is 0 Å². The molecule has 1 unspecified atom stereocenters. The molecular weight excluding hydrogens is 290 g/mol. The quantitative estimate of drug-likeness (QED) is 0.913. The number of ether oxygens (including phenoxy) is 2. The van der Waals surface area contributed by atoms with Gasteiger partial charge in [-0.2, -0.15) is 0 Å². The van der Waals surface area contributed by atoms with E-state index in [2.05, 4.69) is 23.5 Å². The highest BCUT2D eigenvalue weighted by molar-refractivity contribution is 5.98. The minimum absolute atomic E-state index is 0.0988. The van der Waals surface area contributed by atoms with Crippen LogP contribution in [0.15, 0.2) is 36.4 Å². The second-order valence-electron chi connectivity index (χ2n) is 5.60. The fourth-order valence-corrected chi connectivity index (χ4v) is 2.64. The van der Waals surface area contributed by atoms with Gasteiger partial charge in [-0.05, 0) is 44.0 Å². The highest BCUT2D eigenvalue weighted by Crippen LogP contribution is 2.31.